The Labute approximate surface area is 249 Å². The Balaban J connectivity index is 1.59. The highest BCUT2D eigenvalue weighted by Crippen LogP contribution is 2.29. The molecule has 2 heterocycles. The summed E-state index contributed by atoms with van der Waals surface area (Å²) in [6.45, 7) is 7.79. The van der Waals surface area contributed by atoms with Gasteiger partial charge in [0.2, 0.25) is 11.8 Å². The first-order chi connectivity index (χ1) is 19.9. The van der Waals surface area contributed by atoms with Crippen molar-refractivity contribution in [1.82, 2.24) is 25.8 Å². The van der Waals surface area contributed by atoms with E-state index < -0.39 is 35.6 Å². The van der Waals surface area contributed by atoms with Gasteiger partial charge in [0.1, 0.15) is 12.9 Å². The lowest BCUT2D eigenvalue weighted by molar-refractivity contribution is -0.128. The van der Waals surface area contributed by atoms with Gasteiger partial charge in [0, 0.05) is 31.7 Å². The number of aliphatic hydroxyl groups excluding tert-OH is 1. The average Bonchev–Trinajstić information content (AvgIpc) is 3.54. The molecular weight excluding hydrogens is 562 g/mol. The third-order valence-electron chi connectivity index (χ3n) is 7.39. The number of benzene rings is 1. The van der Waals surface area contributed by atoms with Gasteiger partial charge in [-0.25, -0.2) is 9.78 Å². The van der Waals surface area contributed by atoms with Gasteiger partial charge in [-0.2, -0.15) is 0 Å². The van der Waals surface area contributed by atoms with Crippen molar-refractivity contribution < 1.29 is 34.1 Å². The summed E-state index contributed by atoms with van der Waals surface area (Å²) < 4.78 is 5.34. The van der Waals surface area contributed by atoms with E-state index in [0.29, 0.717) is 6.42 Å². The molecular formula is C29H41N5O7S. The summed E-state index contributed by atoms with van der Waals surface area (Å²) in [5.74, 6) is -0.679. The van der Waals surface area contributed by atoms with E-state index in [1.54, 1.807) is 30.1 Å². The number of hydrogen-bond donors (Lipinski definition) is 5. The molecule has 3 amide bonds. The summed E-state index contributed by atoms with van der Waals surface area (Å²) in [5, 5.41) is 27.2. The van der Waals surface area contributed by atoms with Crippen LogP contribution in [0, 0.1) is 12.3 Å². The summed E-state index contributed by atoms with van der Waals surface area (Å²) in [4.78, 5) is 55.6. The molecule has 1 unspecified atom stereocenters. The molecule has 12 nitrogen and oxygen atoms in total. The molecule has 1 fully saturated rings. The van der Waals surface area contributed by atoms with Crippen molar-refractivity contribution in [2.24, 2.45) is 5.41 Å². The quantitative estimate of drug-likeness (QED) is 0.151. The van der Waals surface area contributed by atoms with E-state index in [9.17, 15) is 24.3 Å². The van der Waals surface area contributed by atoms with Crippen LogP contribution in [0.4, 0.5) is 4.79 Å². The van der Waals surface area contributed by atoms with Gasteiger partial charge in [-0.3, -0.25) is 14.5 Å². The predicted molar refractivity (Wildman–Crippen MR) is 158 cm³/mol. The molecule has 0 saturated carbocycles. The van der Waals surface area contributed by atoms with Crippen molar-refractivity contribution in [3.05, 3.63) is 41.0 Å². The Morgan fingerprint density at radius 1 is 1.24 bits per heavy atom. The number of ether oxygens (including phenoxy) is 1. The van der Waals surface area contributed by atoms with Gasteiger partial charge >= 0.3 is 6.09 Å². The van der Waals surface area contributed by atoms with Crippen LogP contribution in [0.25, 0.3) is 10.4 Å². The van der Waals surface area contributed by atoms with Gasteiger partial charge in [0.25, 0.3) is 0 Å². The zero-order valence-corrected chi connectivity index (χ0v) is 25.3. The normalized spacial score (nSPS) is 18.7. The minimum Gasteiger partial charge on any atom is -0.465 e. The minimum atomic E-state index is -1.13. The van der Waals surface area contributed by atoms with Crippen LogP contribution in [0.5, 0.6) is 0 Å². The largest absolute Gasteiger partial charge is 0.465 e. The van der Waals surface area contributed by atoms with E-state index in [0.717, 1.165) is 28.0 Å². The van der Waals surface area contributed by atoms with Crippen molar-refractivity contribution in [2.45, 2.75) is 64.8 Å². The van der Waals surface area contributed by atoms with Crippen LogP contribution in [0.3, 0.4) is 0 Å². The maximum absolute atomic E-state index is 13.4. The van der Waals surface area contributed by atoms with Crippen molar-refractivity contribution in [3.63, 3.8) is 0 Å². The number of likely N-dealkylation sites (tertiary alicyclic amines) is 1. The van der Waals surface area contributed by atoms with Crippen molar-refractivity contribution in [1.29, 1.82) is 0 Å². The Hall–Kier alpha value is -3.39. The summed E-state index contributed by atoms with van der Waals surface area (Å²) >= 11 is 1.58. The number of aromatic nitrogens is 1. The highest BCUT2D eigenvalue weighted by Gasteiger charge is 2.40. The first-order valence-corrected chi connectivity index (χ1v) is 14.8. The summed E-state index contributed by atoms with van der Waals surface area (Å²) in [6.07, 6.45) is -0.456. The smallest absolute Gasteiger partial charge is 0.404 e. The van der Waals surface area contributed by atoms with Crippen LogP contribution in [-0.2, 0) is 19.1 Å². The average molecular weight is 604 g/mol. The highest BCUT2D eigenvalue weighted by atomic mass is 32.1. The van der Waals surface area contributed by atoms with Crippen molar-refractivity contribution in [2.75, 3.05) is 32.8 Å². The molecule has 1 saturated heterocycles. The number of hydrogen-bond acceptors (Lipinski definition) is 9. The second-order valence-corrected chi connectivity index (χ2v) is 12.0. The summed E-state index contributed by atoms with van der Waals surface area (Å²) in [7, 11) is 0. The van der Waals surface area contributed by atoms with Gasteiger partial charge in [-0.05, 0) is 37.8 Å². The van der Waals surface area contributed by atoms with E-state index >= 15 is 0 Å². The third kappa shape index (κ3) is 9.31. The number of nitrogens with one attached hydrogen (secondary N) is 3. The van der Waals surface area contributed by atoms with Crippen LogP contribution in [0.1, 0.15) is 50.9 Å². The molecule has 13 heteroatoms. The SMILES string of the molecule is Cc1ncsc1-c1ccc([C@H](C)NC(=O)[C@@H]2C[C@@H](O)CN2CC(NC(=O)COCCCNC(=O)O)C(C)(C)C=O)cc1. The lowest BCUT2D eigenvalue weighted by Crippen LogP contribution is -2.55. The monoisotopic (exact) mass is 603 g/mol. The van der Waals surface area contributed by atoms with Crippen LogP contribution in [-0.4, -0.2) is 95.3 Å². The molecule has 1 aliphatic rings. The standard InChI is InChI=1S/C29H41N5O7S/c1-18(20-6-8-21(9-7-20)26-19(2)31-17-42-26)32-27(38)23-12-22(36)13-34(23)14-24(29(3,4)16-35)33-25(37)15-41-11-5-10-30-28(39)40/h6-9,16-18,22-24,30,36H,5,10-15H2,1-4H3,(H,32,38)(H,33,37)(H,39,40)/t18-,22+,23-,24?/m0/s1. The summed E-state index contributed by atoms with van der Waals surface area (Å²) in [5.41, 5.74) is 3.83. The lowest BCUT2D eigenvalue weighted by atomic mass is 9.85. The zero-order chi connectivity index (χ0) is 30.9. The molecule has 0 bridgehead atoms. The topological polar surface area (TPSA) is 170 Å². The van der Waals surface area contributed by atoms with E-state index in [-0.39, 0.29) is 51.2 Å². The predicted octanol–water partition coefficient (Wildman–Crippen LogP) is 2.12. The van der Waals surface area contributed by atoms with Crippen LogP contribution >= 0.6 is 11.3 Å². The van der Waals surface area contributed by atoms with Gasteiger partial charge in [0.15, 0.2) is 0 Å². The Morgan fingerprint density at radius 3 is 2.57 bits per heavy atom. The van der Waals surface area contributed by atoms with E-state index in [4.69, 9.17) is 9.84 Å². The maximum Gasteiger partial charge on any atom is 0.404 e. The molecule has 230 valence electrons. The first kappa shape index (κ1) is 33.1. The van der Waals surface area contributed by atoms with Gasteiger partial charge < -0.3 is 35.7 Å². The number of thiazole rings is 1. The Bertz CT molecular complexity index is 1220. The second-order valence-electron chi connectivity index (χ2n) is 11.2. The fourth-order valence-corrected chi connectivity index (χ4v) is 5.61. The fraction of sp³-hybridized carbons (Fsp3) is 0.552. The number of amides is 3. The lowest BCUT2D eigenvalue weighted by Gasteiger charge is -2.35. The van der Waals surface area contributed by atoms with E-state index in [1.165, 1.54) is 0 Å². The zero-order valence-electron chi connectivity index (χ0n) is 24.5. The van der Waals surface area contributed by atoms with Crippen molar-refractivity contribution in [3.8, 4) is 10.4 Å². The molecule has 0 aliphatic carbocycles. The number of carbonyl (C=O) groups excluding carboxylic acids is 3. The molecule has 1 aromatic heterocycles. The van der Waals surface area contributed by atoms with Gasteiger partial charge in [-0.15, -0.1) is 11.3 Å². The van der Waals surface area contributed by atoms with Crippen molar-refractivity contribution >= 4 is 35.5 Å². The number of aliphatic hydroxyl groups is 1. The number of β-amino-alcohol motifs (C(OH)–C–C–N with tert-alkyl or cyclic N) is 1. The molecule has 42 heavy (non-hydrogen) atoms. The molecule has 0 radical (unpaired) electrons. The van der Waals surface area contributed by atoms with Gasteiger partial charge in [-0.1, -0.05) is 38.1 Å². The Morgan fingerprint density at radius 2 is 1.95 bits per heavy atom. The summed E-state index contributed by atoms with van der Waals surface area (Å²) in [6, 6.07) is 6.40. The number of aldehydes is 1. The number of nitrogens with zero attached hydrogens (tertiary/aromatic N) is 2. The molecule has 0 spiro atoms. The number of rotatable bonds is 15. The van der Waals surface area contributed by atoms with Crippen LogP contribution in [0.2, 0.25) is 0 Å². The number of aryl methyl sites for hydroxylation is 1. The molecule has 2 aromatic rings. The van der Waals surface area contributed by atoms with E-state index in [2.05, 4.69) is 20.9 Å². The minimum absolute atomic E-state index is 0.173. The molecule has 3 rings (SSSR count). The number of carboxylic acid groups (broad SMARTS) is 1. The first-order valence-electron chi connectivity index (χ1n) is 13.9. The molecule has 1 aromatic carbocycles. The second kappa shape index (κ2) is 15.2. The number of carbonyl (C=O) groups is 4. The molecule has 5 N–H and O–H groups in total. The molecule has 4 atom stereocenters. The van der Waals surface area contributed by atoms with Crippen LogP contribution in [0.15, 0.2) is 29.8 Å². The van der Waals surface area contributed by atoms with E-state index in [1.807, 2.05) is 43.6 Å². The highest BCUT2D eigenvalue weighted by molar-refractivity contribution is 7.13. The van der Waals surface area contributed by atoms with Gasteiger partial charge in [0.05, 0.1) is 40.3 Å². The molecule has 1 aliphatic heterocycles. The van der Waals surface area contributed by atoms with Crippen LogP contribution < -0.4 is 16.0 Å². The third-order valence-corrected chi connectivity index (χ3v) is 8.37. The fourth-order valence-electron chi connectivity index (χ4n) is 4.80. The Kier molecular flexibility index (Phi) is 12.0. The maximum atomic E-state index is 13.4.